The largest absolute Gasteiger partial charge is 0.290 e. The molecule has 2 radical (unpaired) electrons. The first-order valence-electron chi connectivity index (χ1n) is 2.15. The third-order valence-corrected chi connectivity index (χ3v) is 0.455. The lowest BCUT2D eigenvalue weighted by molar-refractivity contribution is 1.45. The molecule has 7 heavy (non-hydrogen) atoms. The maximum absolute atomic E-state index is 5.25. The SMILES string of the molecule is [CH]/C(C)=C/C(=[CH-])C. The molecule has 0 heteroatoms. The highest BCUT2D eigenvalue weighted by atomic mass is 13.8. The van der Waals surface area contributed by atoms with Crippen LogP contribution in [0, 0.1) is 13.5 Å². The van der Waals surface area contributed by atoms with Crippen LogP contribution < -0.4 is 0 Å². The van der Waals surface area contributed by atoms with Crippen molar-refractivity contribution < 1.29 is 0 Å². The first-order valence-corrected chi connectivity index (χ1v) is 2.15. The highest BCUT2D eigenvalue weighted by Crippen LogP contribution is 1.94. The van der Waals surface area contributed by atoms with Gasteiger partial charge in [-0.2, -0.15) is 5.57 Å². The van der Waals surface area contributed by atoms with Crippen LogP contribution in [0.1, 0.15) is 13.8 Å². The Morgan fingerprint density at radius 3 is 2.00 bits per heavy atom. The number of hydrogen-bond acceptors (Lipinski definition) is 0. The van der Waals surface area contributed by atoms with Gasteiger partial charge < -0.3 is 0 Å². The topological polar surface area (TPSA) is 0 Å². The van der Waals surface area contributed by atoms with Gasteiger partial charge in [-0.1, -0.05) is 13.8 Å². The molecule has 0 saturated carbocycles. The third-order valence-electron chi connectivity index (χ3n) is 0.455. The Hall–Kier alpha value is -0.520. The summed E-state index contributed by atoms with van der Waals surface area (Å²) in [7, 11) is 0. The van der Waals surface area contributed by atoms with E-state index < -0.39 is 0 Å². The van der Waals surface area contributed by atoms with Gasteiger partial charge in [0.2, 0.25) is 0 Å². The molecule has 0 bridgehead atoms. The minimum atomic E-state index is 0.750. The quantitative estimate of drug-likeness (QED) is 0.343. The molecule has 0 aromatic heterocycles. The summed E-state index contributed by atoms with van der Waals surface area (Å²) in [5.74, 6) is 0. The zero-order valence-corrected chi connectivity index (χ0v) is 4.73. The van der Waals surface area contributed by atoms with E-state index >= 15 is 0 Å². The van der Waals surface area contributed by atoms with Crippen LogP contribution in [-0.2, 0) is 0 Å². The highest BCUT2D eigenvalue weighted by molar-refractivity contribution is 5.17. The van der Waals surface area contributed by atoms with Gasteiger partial charge in [0.1, 0.15) is 0 Å². The van der Waals surface area contributed by atoms with Crippen molar-refractivity contribution in [2.45, 2.75) is 13.8 Å². The van der Waals surface area contributed by atoms with Gasteiger partial charge in [0.05, 0.1) is 0 Å². The van der Waals surface area contributed by atoms with E-state index in [9.17, 15) is 0 Å². The van der Waals surface area contributed by atoms with Crippen molar-refractivity contribution in [2.75, 3.05) is 0 Å². The summed E-state index contributed by atoms with van der Waals surface area (Å²) in [6.45, 7) is 14.1. The van der Waals surface area contributed by atoms with E-state index in [0.717, 1.165) is 11.1 Å². The minimum absolute atomic E-state index is 0.750. The lowest BCUT2D eigenvalue weighted by Gasteiger charge is -1.96. The maximum Gasteiger partial charge on any atom is -0.0254 e. The van der Waals surface area contributed by atoms with Crippen LogP contribution in [-0.4, -0.2) is 0 Å². The molecule has 0 saturated heterocycles. The summed E-state index contributed by atoms with van der Waals surface area (Å²) < 4.78 is 0. The first kappa shape index (κ1) is 6.48. The molecule has 0 fully saturated rings. The molecule has 0 amide bonds. The van der Waals surface area contributed by atoms with E-state index in [-0.39, 0.29) is 0 Å². The lowest BCUT2D eigenvalue weighted by Crippen LogP contribution is -1.65. The van der Waals surface area contributed by atoms with E-state index in [1.807, 2.05) is 0 Å². The molecule has 0 N–H and O–H groups in total. The normalized spacial score (nSPS) is 11.6. The van der Waals surface area contributed by atoms with Gasteiger partial charge in [0.25, 0.3) is 0 Å². The molecule has 0 rings (SSSR count). The standard InChI is InChI=1S/C7H9/c1-6(2)5-7(3)4/h1,3,5H,2,4H3/q-1/b6-5-. The van der Waals surface area contributed by atoms with Crippen LogP contribution >= 0.6 is 0 Å². The van der Waals surface area contributed by atoms with Gasteiger partial charge in [0.15, 0.2) is 0 Å². The average molecular weight is 93.1 g/mol. The fourth-order valence-corrected chi connectivity index (χ4v) is 0.359. The first-order chi connectivity index (χ1) is 3.13. The van der Waals surface area contributed by atoms with Crippen molar-refractivity contribution in [3.05, 3.63) is 30.7 Å². The smallest absolute Gasteiger partial charge is 0.0254 e. The van der Waals surface area contributed by atoms with Crippen molar-refractivity contribution >= 4 is 0 Å². The minimum Gasteiger partial charge on any atom is -0.290 e. The Bertz CT molecular complexity index is 92.6. The van der Waals surface area contributed by atoms with E-state index in [2.05, 4.69) is 0 Å². The van der Waals surface area contributed by atoms with Crippen molar-refractivity contribution in [1.82, 2.24) is 0 Å². The lowest BCUT2D eigenvalue weighted by atomic mass is 10.2. The van der Waals surface area contributed by atoms with Crippen LogP contribution in [0.2, 0.25) is 0 Å². The summed E-state index contributed by atoms with van der Waals surface area (Å²) >= 11 is 0. The van der Waals surface area contributed by atoms with Crippen LogP contribution in [0.25, 0.3) is 0 Å². The fraction of sp³-hybridized carbons (Fsp3) is 0.286. The molecule has 0 atom stereocenters. The van der Waals surface area contributed by atoms with Gasteiger partial charge in [-0.05, 0) is 6.92 Å². The van der Waals surface area contributed by atoms with Crippen molar-refractivity contribution in [3.63, 3.8) is 0 Å². The summed E-state index contributed by atoms with van der Waals surface area (Å²) in [6.07, 6.45) is 1.72. The molecule has 0 unspecified atom stereocenters. The number of allylic oxidation sites excluding steroid dienone is 3. The van der Waals surface area contributed by atoms with E-state index in [1.54, 1.807) is 19.9 Å². The molecule has 0 aliphatic heterocycles. The molecule has 0 aromatic carbocycles. The van der Waals surface area contributed by atoms with E-state index in [0.29, 0.717) is 0 Å². The molecular formula is C7H9-. The Morgan fingerprint density at radius 1 is 1.57 bits per heavy atom. The number of rotatable bonds is 1. The molecule has 0 aliphatic carbocycles. The zero-order valence-electron chi connectivity index (χ0n) is 4.73. The molecule has 0 heterocycles. The van der Waals surface area contributed by atoms with Crippen LogP contribution in [0.4, 0.5) is 0 Å². The zero-order chi connectivity index (χ0) is 5.86. The predicted octanol–water partition coefficient (Wildman–Crippen LogP) is 2.02. The molecule has 38 valence electrons. The number of hydrogen-bond donors (Lipinski definition) is 0. The Morgan fingerprint density at radius 2 is 2.00 bits per heavy atom. The Balaban J connectivity index is 3.68. The van der Waals surface area contributed by atoms with Crippen LogP contribution in [0.3, 0.4) is 0 Å². The second-order valence-electron chi connectivity index (χ2n) is 1.63. The third kappa shape index (κ3) is 5.48. The molecular weight excluding hydrogens is 84.1 g/mol. The summed E-state index contributed by atoms with van der Waals surface area (Å²) in [4.78, 5) is 0. The van der Waals surface area contributed by atoms with Gasteiger partial charge >= 0.3 is 0 Å². The monoisotopic (exact) mass is 93.1 g/mol. The second-order valence-corrected chi connectivity index (χ2v) is 1.63. The molecule has 0 spiro atoms. The fourth-order valence-electron chi connectivity index (χ4n) is 0.359. The van der Waals surface area contributed by atoms with Crippen LogP contribution in [0.5, 0.6) is 0 Å². The summed E-state index contributed by atoms with van der Waals surface area (Å²) in [5, 5.41) is 0. The molecule has 0 nitrogen and oxygen atoms in total. The van der Waals surface area contributed by atoms with Crippen molar-refractivity contribution in [2.24, 2.45) is 0 Å². The van der Waals surface area contributed by atoms with Gasteiger partial charge in [-0.25, -0.2) is 11.6 Å². The summed E-state index contributed by atoms with van der Waals surface area (Å²) in [5.41, 5.74) is 1.50. The molecule has 0 aromatic rings. The van der Waals surface area contributed by atoms with E-state index in [4.69, 9.17) is 13.5 Å². The predicted molar refractivity (Wildman–Crippen MR) is 31.5 cm³/mol. The Kier molecular flexibility index (Phi) is 2.42. The maximum atomic E-state index is 5.25. The summed E-state index contributed by atoms with van der Waals surface area (Å²) in [6, 6.07) is 0. The van der Waals surface area contributed by atoms with E-state index in [1.165, 1.54) is 0 Å². The van der Waals surface area contributed by atoms with Gasteiger partial charge in [-0.3, -0.25) is 6.58 Å². The van der Waals surface area contributed by atoms with Crippen LogP contribution in [0.15, 0.2) is 17.2 Å². The van der Waals surface area contributed by atoms with Gasteiger partial charge in [0, 0.05) is 0 Å². The van der Waals surface area contributed by atoms with Crippen molar-refractivity contribution in [1.29, 1.82) is 0 Å². The molecule has 0 aliphatic rings. The average Bonchev–Trinajstić information content (AvgIpc) is 1.27. The second kappa shape index (κ2) is 2.62. The van der Waals surface area contributed by atoms with Gasteiger partial charge in [-0.15, -0.1) is 0 Å². The Labute approximate surface area is 45.5 Å². The van der Waals surface area contributed by atoms with Crippen molar-refractivity contribution in [3.8, 4) is 0 Å². The highest BCUT2D eigenvalue weighted by Gasteiger charge is 1.63.